The zero-order valence-corrected chi connectivity index (χ0v) is 11.6. The Morgan fingerprint density at radius 3 is 1.31 bits per heavy atom. The zero-order chi connectivity index (χ0) is 10.9. The van der Waals surface area contributed by atoms with E-state index < -0.39 is 5.77 Å². The van der Waals surface area contributed by atoms with Gasteiger partial charge in [-0.1, -0.05) is 64.3 Å². The van der Waals surface area contributed by atoms with Crippen LogP contribution < -0.4 is 0 Å². The van der Waals surface area contributed by atoms with Gasteiger partial charge in [0.15, 0.2) is 0 Å². The van der Waals surface area contributed by atoms with E-state index in [1.165, 1.54) is 0 Å². The van der Waals surface area contributed by atoms with Crippen LogP contribution in [0.15, 0.2) is 0 Å². The third kappa shape index (κ3) is 9.20. The predicted molar refractivity (Wildman–Crippen MR) is 64.5 cm³/mol. The maximum absolute atomic E-state index is 11.7. The minimum atomic E-state index is -3.10. The van der Waals surface area contributed by atoms with E-state index in [-0.39, 0.29) is 9.49 Å². The molecule has 0 aromatic heterocycles. The van der Waals surface area contributed by atoms with Gasteiger partial charge in [-0.15, -0.1) is 0 Å². The predicted octanol–water partition coefficient (Wildman–Crippen LogP) is 4.15. The molecule has 13 heavy (non-hydrogen) atoms. The molecule has 0 amide bonds. The fourth-order valence-electron chi connectivity index (χ4n) is 0.711. The maximum atomic E-state index is 11.7. The lowest BCUT2D eigenvalue weighted by Gasteiger charge is -2.26. The quantitative estimate of drug-likeness (QED) is 0.738. The number of hydrogen-bond acceptors (Lipinski definition) is 3. The summed E-state index contributed by atoms with van der Waals surface area (Å²) in [6.07, 6.45) is 0. The monoisotopic (exact) mass is 242 g/mol. The third-order valence-corrected chi connectivity index (χ3v) is 8.35. The summed E-state index contributed by atoms with van der Waals surface area (Å²) in [5.74, 6) is -3.10. The molecule has 0 aliphatic heterocycles. The minimum absolute atomic E-state index is 0.164. The molecule has 0 aliphatic carbocycles. The highest BCUT2D eigenvalue weighted by Crippen LogP contribution is 2.72. The number of hydrogen-bond donors (Lipinski definition) is 1. The van der Waals surface area contributed by atoms with Crippen molar-refractivity contribution in [2.45, 2.75) is 51.0 Å². The van der Waals surface area contributed by atoms with E-state index in [1.807, 2.05) is 41.5 Å². The second-order valence-corrected chi connectivity index (χ2v) is 13.4. The fraction of sp³-hybridized carbons (Fsp3) is 1.00. The van der Waals surface area contributed by atoms with Crippen molar-refractivity contribution in [3.63, 3.8) is 0 Å². The first-order valence-corrected chi connectivity index (χ1v) is 8.66. The molecule has 80 valence electrons. The van der Waals surface area contributed by atoms with Crippen LogP contribution in [-0.4, -0.2) is 14.4 Å². The van der Waals surface area contributed by atoms with E-state index in [4.69, 9.17) is 0 Å². The lowest BCUT2D eigenvalue weighted by Crippen LogP contribution is -2.09. The Kier molecular flexibility index (Phi) is 4.46. The van der Waals surface area contributed by atoms with Crippen molar-refractivity contribution in [1.29, 1.82) is 0 Å². The van der Waals surface area contributed by atoms with Gasteiger partial charge in [-0.05, 0) is 0 Å². The Morgan fingerprint density at radius 1 is 0.923 bits per heavy atom. The van der Waals surface area contributed by atoms with Crippen molar-refractivity contribution < 1.29 is 9.46 Å². The van der Waals surface area contributed by atoms with E-state index in [0.29, 0.717) is 0 Å². The van der Waals surface area contributed by atoms with Crippen molar-refractivity contribution in [1.82, 2.24) is 0 Å². The van der Waals surface area contributed by atoms with E-state index >= 15 is 0 Å². The zero-order valence-electron chi connectivity index (χ0n) is 9.12. The molecule has 0 aliphatic rings. The molecule has 0 saturated carbocycles. The molecule has 5 heteroatoms. The molecule has 0 aromatic rings. The fourth-order valence-corrected chi connectivity index (χ4v) is 10.8. The summed E-state index contributed by atoms with van der Waals surface area (Å²) in [5.41, 5.74) is 0. The van der Waals surface area contributed by atoms with Gasteiger partial charge >= 0.3 is 5.77 Å². The van der Waals surface area contributed by atoms with Crippen LogP contribution in [0.4, 0.5) is 0 Å². The Hall–Kier alpha value is 0.890. The van der Waals surface area contributed by atoms with Crippen LogP contribution in [-0.2, 0) is 4.57 Å². The molecule has 0 saturated heterocycles. The first-order chi connectivity index (χ1) is 5.41. The van der Waals surface area contributed by atoms with Crippen LogP contribution in [0.2, 0.25) is 0 Å². The Morgan fingerprint density at radius 2 is 1.15 bits per heavy atom. The number of rotatable bonds is 2. The van der Waals surface area contributed by atoms with Crippen LogP contribution in [0.5, 0.6) is 0 Å². The van der Waals surface area contributed by atoms with Crippen LogP contribution in [0.1, 0.15) is 41.5 Å². The molecule has 0 atom stereocenters. The van der Waals surface area contributed by atoms with Gasteiger partial charge in [-0.2, -0.15) is 0 Å². The van der Waals surface area contributed by atoms with E-state index in [9.17, 15) is 9.46 Å². The van der Waals surface area contributed by atoms with Crippen LogP contribution in [0.3, 0.4) is 0 Å². The minimum Gasteiger partial charge on any atom is -0.329 e. The summed E-state index contributed by atoms with van der Waals surface area (Å²) in [5, 5.41) is 0. The average molecular weight is 242 g/mol. The second kappa shape index (κ2) is 4.18. The lowest BCUT2D eigenvalue weighted by molar-refractivity contribution is 0.513. The molecular weight excluding hydrogens is 223 g/mol. The third-order valence-electron chi connectivity index (χ3n) is 0.778. The highest BCUT2D eigenvalue weighted by atomic mass is 33.1. The van der Waals surface area contributed by atoms with Crippen molar-refractivity contribution >= 4 is 28.5 Å². The molecule has 2 nitrogen and oxygen atoms in total. The summed E-state index contributed by atoms with van der Waals surface area (Å²) in [6, 6.07) is 0. The van der Waals surface area contributed by atoms with Crippen LogP contribution in [0, 0.1) is 0 Å². The molecule has 0 fully saturated rings. The molecule has 0 radical (unpaired) electrons. The molecule has 0 heterocycles. The van der Waals surface area contributed by atoms with Crippen molar-refractivity contribution in [3.8, 4) is 0 Å². The van der Waals surface area contributed by atoms with Crippen LogP contribution >= 0.6 is 28.5 Å². The summed E-state index contributed by atoms with van der Waals surface area (Å²) >= 11 is 2.32. The maximum Gasteiger partial charge on any atom is 0.311 e. The van der Waals surface area contributed by atoms with E-state index in [2.05, 4.69) is 0 Å². The molecule has 0 bridgehead atoms. The Balaban J connectivity index is 4.35. The van der Waals surface area contributed by atoms with Crippen molar-refractivity contribution in [2.75, 3.05) is 0 Å². The van der Waals surface area contributed by atoms with Gasteiger partial charge in [0, 0.05) is 9.49 Å². The van der Waals surface area contributed by atoms with Gasteiger partial charge in [-0.25, -0.2) is 0 Å². The highest BCUT2D eigenvalue weighted by molar-refractivity contribution is 8.89. The van der Waals surface area contributed by atoms with Crippen molar-refractivity contribution in [2.24, 2.45) is 0 Å². The SMILES string of the molecule is CC(C)(C)SP(=O)(O)SC(C)(C)C. The summed E-state index contributed by atoms with van der Waals surface area (Å²) in [4.78, 5) is 9.67. The van der Waals surface area contributed by atoms with E-state index in [0.717, 1.165) is 22.8 Å². The molecule has 0 unspecified atom stereocenters. The van der Waals surface area contributed by atoms with E-state index in [1.54, 1.807) is 0 Å². The molecular formula is C8H19O2PS2. The topological polar surface area (TPSA) is 37.3 Å². The molecule has 0 spiro atoms. The molecule has 0 aromatic carbocycles. The second-order valence-electron chi connectivity index (χ2n) is 4.88. The highest BCUT2D eigenvalue weighted by Gasteiger charge is 2.32. The molecule has 1 N–H and O–H groups in total. The Labute approximate surface area is 89.2 Å². The smallest absolute Gasteiger partial charge is 0.311 e. The first-order valence-electron chi connectivity index (χ1n) is 4.16. The molecule has 0 rings (SSSR count). The lowest BCUT2D eigenvalue weighted by atomic mass is 10.3. The normalized spacial score (nSPS) is 14.7. The summed E-state index contributed by atoms with van der Waals surface area (Å²) in [6.45, 7) is 11.7. The van der Waals surface area contributed by atoms with Gasteiger partial charge in [0.1, 0.15) is 0 Å². The van der Waals surface area contributed by atoms with Gasteiger partial charge in [-0.3, -0.25) is 4.57 Å². The largest absolute Gasteiger partial charge is 0.329 e. The summed E-state index contributed by atoms with van der Waals surface area (Å²) in [7, 11) is 0. The van der Waals surface area contributed by atoms with Gasteiger partial charge in [0.05, 0.1) is 0 Å². The summed E-state index contributed by atoms with van der Waals surface area (Å²) < 4.78 is 11.4. The standard InChI is InChI=1S/C8H19O2PS2/c1-7(2,3)12-11(9,10)13-8(4,5)6/h1-6H3,(H,9,10). The van der Waals surface area contributed by atoms with Gasteiger partial charge in [0.25, 0.3) is 0 Å². The van der Waals surface area contributed by atoms with Gasteiger partial charge in [0.2, 0.25) is 0 Å². The van der Waals surface area contributed by atoms with Crippen molar-refractivity contribution in [3.05, 3.63) is 0 Å². The average Bonchev–Trinajstić information content (AvgIpc) is 1.43. The Bertz CT molecular complexity index is 195. The van der Waals surface area contributed by atoms with Crippen LogP contribution in [0.25, 0.3) is 0 Å². The van der Waals surface area contributed by atoms with Gasteiger partial charge < -0.3 is 4.89 Å². The first kappa shape index (κ1) is 13.9.